The van der Waals surface area contributed by atoms with Crippen molar-refractivity contribution in [1.29, 1.82) is 0 Å². The summed E-state index contributed by atoms with van der Waals surface area (Å²) in [4.78, 5) is 4.16. The Morgan fingerprint density at radius 2 is 2.20 bits per heavy atom. The zero-order valence-corrected chi connectivity index (χ0v) is 14.3. The van der Waals surface area contributed by atoms with Crippen molar-refractivity contribution in [3.05, 3.63) is 47.5 Å². The maximum atomic E-state index is 13.5. The summed E-state index contributed by atoms with van der Waals surface area (Å²) in [5.74, 6) is -0.422. The molecular formula is C16H16FN5O2S. The Bertz CT molecular complexity index is 1080. The fraction of sp³-hybridized carbons (Fsp3) is 0.250. The molecule has 0 fully saturated rings. The highest BCUT2D eigenvalue weighted by atomic mass is 32.2. The topological polar surface area (TPSA) is 88.4 Å². The lowest BCUT2D eigenvalue weighted by atomic mass is 10.1. The number of sulfone groups is 1. The molecule has 3 heterocycles. The van der Waals surface area contributed by atoms with Crippen LogP contribution >= 0.6 is 0 Å². The van der Waals surface area contributed by atoms with Crippen LogP contribution in [0.15, 0.2) is 40.3 Å². The number of nitrogens with one attached hydrogen (secondary N) is 2. The smallest absolute Gasteiger partial charge is 0.214 e. The van der Waals surface area contributed by atoms with Gasteiger partial charge in [0.25, 0.3) is 0 Å². The third-order valence-corrected chi connectivity index (χ3v) is 6.05. The minimum absolute atomic E-state index is 0.0472. The second kappa shape index (κ2) is 5.78. The fourth-order valence-corrected chi connectivity index (χ4v) is 4.57. The van der Waals surface area contributed by atoms with Crippen molar-refractivity contribution in [2.75, 3.05) is 18.9 Å². The van der Waals surface area contributed by atoms with Gasteiger partial charge in [-0.3, -0.25) is 0 Å². The summed E-state index contributed by atoms with van der Waals surface area (Å²) < 4.78 is 41.3. The molecule has 0 atom stereocenters. The summed E-state index contributed by atoms with van der Waals surface area (Å²) in [6, 6.07) is 4.93. The van der Waals surface area contributed by atoms with Crippen molar-refractivity contribution in [1.82, 2.24) is 19.9 Å². The Morgan fingerprint density at radius 1 is 1.36 bits per heavy atom. The minimum atomic E-state index is -3.98. The van der Waals surface area contributed by atoms with Gasteiger partial charge >= 0.3 is 0 Å². The zero-order chi connectivity index (χ0) is 17.6. The van der Waals surface area contributed by atoms with Gasteiger partial charge < -0.3 is 10.6 Å². The molecule has 9 heteroatoms. The molecule has 2 aromatic heterocycles. The lowest BCUT2D eigenvalue weighted by Gasteiger charge is -2.17. The maximum absolute atomic E-state index is 13.5. The van der Waals surface area contributed by atoms with Gasteiger partial charge in [-0.15, -0.1) is 5.10 Å². The third-order valence-electron chi connectivity index (χ3n) is 4.26. The molecule has 0 saturated carbocycles. The highest BCUT2D eigenvalue weighted by Gasteiger charge is 2.30. The van der Waals surface area contributed by atoms with E-state index in [2.05, 4.69) is 20.7 Å². The van der Waals surface area contributed by atoms with Crippen LogP contribution in [0.3, 0.4) is 0 Å². The fourth-order valence-electron chi connectivity index (χ4n) is 3.04. The van der Waals surface area contributed by atoms with Crippen molar-refractivity contribution in [2.45, 2.75) is 22.8 Å². The average molecular weight is 361 g/mol. The van der Waals surface area contributed by atoms with Gasteiger partial charge in [-0.1, -0.05) is 6.07 Å². The molecule has 3 aromatic rings. The number of hydrogen-bond donors (Lipinski definition) is 2. The highest BCUT2D eigenvalue weighted by Crippen LogP contribution is 2.31. The second-order valence-corrected chi connectivity index (χ2v) is 7.67. The van der Waals surface area contributed by atoms with Gasteiger partial charge in [0.2, 0.25) is 9.84 Å². The van der Waals surface area contributed by atoms with E-state index in [0.29, 0.717) is 6.54 Å². The van der Waals surface area contributed by atoms with E-state index >= 15 is 0 Å². The Balaban J connectivity index is 2.01. The zero-order valence-electron chi connectivity index (χ0n) is 13.5. The monoisotopic (exact) mass is 361 g/mol. The second-order valence-electron chi connectivity index (χ2n) is 5.78. The molecule has 0 amide bonds. The van der Waals surface area contributed by atoms with Gasteiger partial charge in [0, 0.05) is 19.8 Å². The van der Waals surface area contributed by atoms with E-state index < -0.39 is 15.7 Å². The van der Waals surface area contributed by atoms with Crippen LogP contribution in [0.25, 0.3) is 5.65 Å². The van der Waals surface area contributed by atoms with E-state index in [1.807, 2.05) is 0 Å². The molecule has 1 aromatic carbocycles. The largest absolute Gasteiger partial charge is 0.370 e. The molecule has 25 heavy (non-hydrogen) atoms. The first-order valence-corrected chi connectivity index (χ1v) is 9.29. The molecule has 0 spiro atoms. The van der Waals surface area contributed by atoms with Gasteiger partial charge in [-0.05, 0) is 36.7 Å². The van der Waals surface area contributed by atoms with Crippen molar-refractivity contribution < 1.29 is 12.8 Å². The summed E-state index contributed by atoms with van der Waals surface area (Å²) in [5, 5.41) is 10.5. The van der Waals surface area contributed by atoms with Gasteiger partial charge in [0.05, 0.1) is 10.6 Å². The number of fused-ring (bicyclic) bond motifs is 3. The number of rotatable bonds is 3. The molecule has 130 valence electrons. The molecule has 1 aliphatic heterocycles. The maximum Gasteiger partial charge on any atom is 0.214 e. The lowest BCUT2D eigenvalue weighted by Crippen LogP contribution is -2.26. The van der Waals surface area contributed by atoms with Crippen LogP contribution in [-0.2, 0) is 22.8 Å². The number of halogens is 1. The quantitative estimate of drug-likeness (QED) is 0.733. The van der Waals surface area contributed by atoms with E-state index in [1.165, 1.54) is 18.2 Å². The van der Waals surface area contributed by atoms with Gasteiger partial charge in [-0.2, -0.15) is 0 Å². The average Bonchev–Trinajstić information content (AvgIpc) is 3.01. The first kappa shape index (κ1) is 16.0. The standard InChI is InChI=1S/C16H16FN5O2S/c1-18-15-14(25(23,24)12-4-2-3-11(17)7-12)16-20-8-10-5-6-19-9-13(10)22(16)21-15/h2-4,7-8,19H,5-6,9H2,1H3,(H,18,21). The number of aromatic nitrogens is 3. The minimum Gasteiger partial charge on any atom is -0.370 e. The van der Waals surface area contributed by atoms with Crippen molar-refractivity contribution in [3.63, 3.8) is 0 Å². The Kier molecular flexibility index (Phi) is 3.69. The third kappa shape index (κ3) is 2.47. The number of nitrogens with zero attached hydrogens (tertiary/aromatic N) is 3. The van der Waals surface area contributed by atoms with Gasteiger partial charge in [0.1, 0.15) is 5.82 Å². The lowest BCUT2D eigenvalue weighted by molar-refractivity contribution is 0.591. The van der Waals surface area contributed by atoms with E-state index in [-0.39, 0.29) is 21.3 Å². The molecular weight excluding hydrogens is 345 g/mol. The normalized spacial score (nSPS) is 14.5. The first-order valence-electron chi connectivity index (χ1n) is 7.81. The molecule has 2 N–H and O–H groups in total. The highest BCUT2D eigenvalue weighted by molar-refractivity contribution is 7.91. The molecule has 4 rings (SSSR count). The Morgan fingerprint density at radius 3 is 2.96 bits per heavy atom. The molecule has 7 nitrogen and oxygen atoms in total. The predicted octanol–water partition coefficient (Wildman–Crippen LogP) is 1.39. The van der Waals surface area contributed by atoms with Crippen LogP contribution in [0.2, 0.25) is 0 Å². The summed E-state index contributed by atoms with van der Waals surface area (Å²) in [5.41, 5.74) is 2.15. The first-order chi connectivity index (χ1) is 12.0. The molecule has 0 radical (unpaired) electrons. The van der Waals surface area contributed by atoms with Gasteiger partial charge in [0.15, 0.2) is 16.4 Å². The van der Waals surface area contributed by atoms with Crippen molar-refractivity contribution >= 4 is 21.3 Å². The van der Waals surface area contributed by atoms with Crippen LogP contribution < -0.4 is 10.6 Å². The molecule has 1 aliphatic rings. The Hall–Kier alpha value is -2.52. The molecule has 0 aliphatic carbocycles. The van der Waals surface area contributed by atoms with E-state index in [4.69, 9.17) is 0 Å². The van der Waals surface area contributed by atoms with Crippen molar-refractivity contribution in [2.24, 2.45) is 0 Å². The van der Waals surface area contributed by atoms with E-state index in [9.17, 15) is 12.8 Å². The van der Waals surface area contributed by atoms with Crippen LogP contribution in [0.4, 0.5) is 10.2 Å². The summed E-state index contributed by atoms with van der Waals surface area (Å²) in [6.07, 6.45) is 2.50. The molecule has 0 unspecified atom stereocenters. The summed E-state index contributed by atoms with van der Waals surface area (Å²) in [6.45, 7) is 1.42. The van der Waals surface area contributed by atoms with E-state index in [1.54, 1.807) is 17.8 Å². The molecule has 0 bridgehead atoms. The van der Waals surface area contributed by atoms with Crippen LogP contribution in [0.5, 0.6) is 0 Å². The number of benzene rings is 1. The summed E-state index contributed by atoms with van der Waals surface area (Å²) >= 11 is 0. The van der Waals surface area contributed by atoms with Crippen LogP contribution in [0, 0.1) is 5.82 Å². The summed E-state index contributed by atoms with van der Waals surface area (Å²) in [7, 11) is -2.39. The van der Waals surface area contributed by atoms with Crippen LogP contribution in [0.1, 0.15) is 11.3 Å². The van der Waals surface area contributed by atoms with E-state index in [0.717, 1.165) is 30.3 Å². The number of anilines is 1. The van der Waals surface area contributed by atoms with Gasteiger partial charge in [-0.25, -0.2) is 22.3 Å². The SMILES string of the molecule is CNc1nn2c3c(cnc2c1S(=O)(=O)c1cccc(F)c1)CCNC3. The van der Waals surface area contributed by atoms with Crippen LogP contribution in [-0.4, -0.2) is 36.6 Å². The molecule has 0 saturated heterocycles. The Labute approximate surface area is 143 Å². The number of hydrogen-bond acceptors (Lipinski definition) is 6. The van der Waals surface area contributed by atoms with Crippen molar-refractivity contribution in [3.8, 4) is 0 Å². The predicted molar refractivity (Wildman–Crippen MR) is 89.8 cm³/mol.